The number of aliphatic carboxylic acids is 1. The molecule has 2 unspecified atom stereocenters. The van der Waals surface area contributed by atoms with Gasteiger partial charge in [0.25, 0.3) is 0 Å². The zero-order chi connectivity index (χ0) is 15.1. The van der Waals surface area contributed by atoms with Crippen LogP contribution in [0.5, 0.6) is 5.75 Å². The van der Waals surface area contributed by atoms with E-state index in [0.717, 1.165) is 24.3 Å². The number of ether oxygens (including phenoxy) is 1. The van der Waals surface area contributed by atoms with E-state index in [1.54, 1.807) is 11.8 Å². The van der Waals surface area contributed by atoms with E-state index >= 15 is 0 Å². The molecule has 0 aliphatic carbocycles. The molecule has 0 radical (unpaired) electrons. The van der Waals surface area contributed by atoms with Crippen molar-refractivity contribution in [2.45, 2.75) is 44.0 Å². The van der Waals surface area contributed by atoms with Crippen molar-refractivity contribution in [2.75, 3.05) is 12.4 Å². The van der Waals surface area contributed by atoms with E-state index < -0.39 is 12.0 Å². The van der Waals surface area contributed by atoms with Crippen LogP contribution < -0.4 is 10.1 Å². The lowest BCUT2D eigenvalue weighted by Crippen LogP contribution is -2.33. The minimum atomic E-state index is -0.784. The van der Waals surface area contributed by atoms with Crippen LogP contribution in [0.15, 0.2) is 24.3 Å². The first-order valence-electron chi connectivity index (χ1n) is 7.54. The van der Waals surface area contributed by atoms with Gasteiger partial charge in [-0.3, -0.25) is 10.1 Å². The number of rotatable bonds is 8. The Kier molecular flexibility index (Phi) is 6.39. The summed E-state index contributed by atoms with van der Waals surface area (Å²) in [6.07, 6.45) is 4.76. The Morgan fingerprint density at radius 1 is 1.43 bits per heavy atom. The lowest BCUT2D eigenvalue weighted by atomic mass is 10.2. The maximum absolute atomic E-state index is 11.0. The van der Waals surface area contributed by atoms with Crippen LogP contribution in [0.25, 0.3) is 0 Å². The molecule has 0 aromatic heterocycles. The molecule has 116 valence electrons. The zero-order valence-electron chi connectivity index (χ0n) is 12.4. The molecular weight excluding hydrogens is 286 g/mol. The second-order valence-electron chi connectivity index (χ2n) is 5.25. The molecule has 0 spiro atoms. The van der Waals surface area contributed by atoms with Crippen LogP contribution in [-0.4, -0.2) is 29.5 Å². The first-order chi connectivity index (χ1) is 10.2. The predicted octanol–water partition coefficient (Wildman–Crippen LogP) is 3.43. The van der Waals surface area contributed by atoms with Gasteiger partial charge in [0.05, 0.1) is 12.0 Å². The number of carbonyl (C=O) groups is 1. The van der Waals surface area contributed by atoms with Crippen LogP contribution in [0, 0.1) is 0 Å². The molecule has 4 nitrogen and oxygen atoms in total. The van der Waals surface area contributed by atoms with Crippen LogP contribution in [-0.2, 0) is 4.79 Å². The monoisotopic (exact) mass is 309 g/mol. The Bertz CT molecular complexity index is 467. The molecule has 1 fully saturated rings. The van der Waals surface area contributed by atoms with Crippen molar-refractivity contribution >= 4 is 17.7 Å². The van der Waals surface area contributed by atoms with E-state index in [1.165, 1.54) is 19.3 Å². The normalized spacial score (nSPS) is 21.4. The number of benzene rings is 1. The summed E-state index contributed by atoms with van der Waals surface area (Å²) in [4.78, 5) is 11.0. The van der Waals surface area contributed by atoms with Gasteiger partial charge in [-0.15, -0.1) is 11.8 Å². The van der Waals surface area contributed by atoms with E-state index in [2.05, 4.69) is 12.2 Å². The molecular formula is C16H23NO3S. The number of carboxylic acids is 1. The van der Waals surface area contributed by atoms with Gasteiger partial charge in [-0.25, -0.2) is 0 Å². The lowest BCUT2D eigenvalue weighted by molar-refractivity contribution is -0.138. The fraction of sp³-hybridized carbons (Fsp3) is 0.562. The Balaban J connectivity index is 1.85. The summed E-state index contributed by atoms with van der Waals surface area (Å²) < 4.78 is 5.77. The largest absolute Gasteiger partial charge is 0.494 e. The first-order valence-corrected chi connectivity index (χ1v) is 8.59. The number of hydrogen-bond acceptors (Lipinski definition) is 4. The predicted molar refractivity (Wildman–Crippen MR) is 85.8 cm³/mol. The maximum Gasteiger partial charge on any atom is 0.321 e. The highest BCUT2D eigenvalue weighted by molar-refractivity contribution is 7.99. The average molecular weight is 309 g/mol. The van der Waals surface area contributed by atoms with Gasteiger partial charge in [0.2, 0.25) is 0 Å². The molecule has 0 amide bonds. The Hall–Kier alpha value is -1.20. The van der Waals surface area contributed by atoms with Crippen LogP contribution >= 0.6 is 11.8 Å². The van der Waals surface area contributed by atoms with Crippen molar-refractivity contribution in [3.8, 4) is 5.75 Å². The van der Waals surface area contributed by atoms with E-state index in [1.807, 2.05) is 24.3 Å². The van der Waals surface area contributed by atoms with Gasteiger partial charge in [0.1, 0.15) is 11.8 Å². The highest BCUT2D eigenvalue weighted by atomic mass is 32.2. The van der Waals surface area contributed by atoms with Crippen LogP contribution in [0.4, 0.5) is 0 Å². The quantitative estimate of drug-likeness (QED) is 0.720. The summed E-state index contributed by atoms with van der Waals surface area (Å²) in [6, 6.07) is 7.48. The SMILES string of the molecule is CCCCCCOc1cccc(C2NC(C(=O)O)CS2)c1. The van der Waals surface area contributed by atoms with Gasteiger partial charge >= 0.3 is 5.97 Å². The number of thioether (sulfide) groups is 1. The number of nitrogens with one attached hydrogen (secondary N) is 1. The minimum Gasteiger partial charge on any atom is -0.494 e. The smallest absolute Gasteiger partial charge is 0.321 e. The molecule has 1 aliphatic heterocycles. The van der Waals surface area contributed by atoms with Gasteiger partial charge in [0.15, 0.2) is 0 Å². The van der Waals surface area contributed by atoms with Crippen LogP contribution in [0.1, 0.15) is 43.5 Å². The number of hydrogen-bond donors (Lipinski definition) is 2. The average Bonchev–Trinajstić information content (AvgIpc) is 2.97. The molecule has 2 N–H and O–H groups in total. The summed E-state index contributed by atoms with van der Waals surface area (Å²) in [5, 5.41) is 12.2. The second-order valence-corrected chi connectivity index (χ2v) is 6.39. The summed E-state index contributed by atoms with van der Waals surface area (Å²) in [5.74, 6) is 0.681. The Labute approximate surface area is 130 Å². The van der Waals surface area contributed by atoms with Crippen molar-refractivity contribution in [2.24, 2.45) is 0 Å². The third kappa shape index (κ3) is 4.93. The fourth-order valence-electron chi connectivity index (χ4n) is 2.29. The van der Waals surface area contributed by atoms with Gasteiger partial charge in [-0.05, 0) is 24.1 Å². The highest BCUT2D eigenvalue weighted by Crippen LogP contribution is 2.34. The molecule has 1 aromatic rings. The third-order valence-corrected chi connectivity index (χ3v) is 4.78. The second kappa shape index (κ2) is 8.29. The fourth-order valence-corrected chi connectivity index (χ4v) is 3.52. The first kappa shape index (κ1) is 16.2. The molecule has 0 saturated carbocycles. The topological polar surface area (TPSA) is 58.6 Å². The molecule has 2 atom stereocenters. The van der Waals surface area contributed by atoms with Gasteiger partial charge in [0, 0.05) is 5.75 Å². The maximum atomic E-state index is 11.0. The number of carboxylic acid groups (broad SMARTS) is 1. The van der Waals surface area contributed by atoms with E-state index in [4.69, 9.17) is 9.84 Å². The Morgan fingerprint density at radius 3 is 3.00 bits per heavy atom. The van der Waals surface area contributed by atoms with Gasteiger partial charge < -0.3 is 9.84 Å². The highest BCUT2D eigenvalue weighted by Gasteiger charge is 2.30. The molecule has 2 rings (SSSR count). The summed E-state index contributed by atoms with van der Waals surface area (Å²) in [7, 11) is 0. The van der Waals surface area contributed by atoms with Crippen molar-refractivity contribution in [3.05, 3.63) is 29.8 Å². The van der Waals surface area contributed by atoms with Crippen LogP contribution in [0.2, 0.25) is 0 Å². The minimum absolute atomic E-state index is 0.0368. The van der Waals surface area contributed by atoms with Crippen molar-refractivity contribution in [1.29, 1.82) is 0 Å². The van der Waals surface area contributed by atoms with E-state index in [9.17, 15) is 4.79 Å². The zero-order valence-corrected chi connectivity index (χ0v) is 13.2. The standard InChI is InChI=1S/C16H23NO3S/c1-2-3-4-5-9-20-13-8-6-7-12(10-13)15-17-14(11-21-15)16(18)19/h6-8,10,14-15,17H,2-5,9,11H2,1H3,(H,18,19). The molecule has 1 aromatic carbocycles. The molecule has 21 heavy (non-hydrogen) atoms. The van der Waals surface area contributed by atoms with Crippen LogP contribution in [0.3, 0.4) is 0 Å². The Morgan fingerprint density at radius 2 is 2.29 bits per heavy atom. The van der Waals surface area contributed by atoms with Gasteiger partial charge in [-0.1, -0.05) is 38.3 Å². The number of unbranched alkanes of at least 4 members (excludes halogenated alkanes) is 3. The van der Waals surface area contributed by atoms with Crippen molar-refractivity contribution in [1.82, 2.24) is 5.32 Å². The third-order valence-electron chi connectivity index (χ3n) is 3.51. The molecule has 1 saturated heterocycles. The van der Waals surface area contributed by atoms with Gasteiger partial charge in [-0.2, -0.15) is 0 Å². The van der Waals surface area contributed by atoms with E-state index in [-0.39, 0.29) is 5.37 Å². The molecule has 1 heterocycles. The molecule has 0 bridgehead atoms. The lowest BCUT2D eigenvalue weighted by Gasteiger charge is -2.13. The molecule has 5 heteroatoms. The van der Waals surface area contributed by atoms with Crippen molar-refractivity contribution < 1.29 is 14.6 Å². The van der Waals surface area contributed by atoms with E-state index in [0.29, 0.717) is 5.75 Å². The summed E-state index contributed by atoms with van der Waals surface area (Å²) >= 11 is 1.63. The summed E-state index contributed by atoms with van der Waals surface area (Å²) in [6.45, 7) is 2.94. The summed E-state index contributed by atoms with van der Waals surface area (Å²) in [5.41, 5.74) is 1.08. The molecule has 1 aliphatic rings. The van der Waals surface area contributed by atoms with Crippen molar-refractivity contribution in [3.63, 3.8) is 0 Å².